The van der Waals surface area contributed by atoms with Gasteiger partial charge in [0.05, 0.1) is 0 Å². The molecule has 0 spiro atoms. The van der Waals surface area contributed by atoms with Crippen LogP contribution in [0.15, 0.2) is 18.5 Å². The molecule has 1 fully saturated rings. The van der Waals surface area contributed by atoms with Gasteiger partial charge in [-0.15, -0.1) is 0 Å². The van der Waals surface area contributed by atoms with Gasteiger partial charge in [-0.3, -0.25) is 4.79 Å². The summed E-state index contributed by atoms with van der Waals surface area (Å²) in [6.07, 6.45) is 7.90. The molecule has 4 rings (SSSR count). The maximum atomic E-state index is 13.4. The Morgan fingerprint density at radius 3 is 2.73 bits per heavy atom. The first-order valence-electron chi connectivity index (χ1n) is 9.51. The zero-order valence-corrected chi connectivity index (χ0v) is 14.7. The molecule has 1 amide bonds. The van der Waals surface area contributed by atoms with E-state index in [4.69, 9.17) is 0 Å². The number of allylic oxidation sites excluding steroid dienone is 2. The van der Waals surface area contributed by atoms with Gasteiger partial charge in [-0.2, -0.15) is 10.1 Å². The van der Waals surface area contributed by atoms with Gasteiger partial charge in [-0.05, 0) is 44.4 Å². The standard InChI is InChI=1S/C18H25F2N5O/c19-16(20)15-10-14(23-18-21-11-22-25(15)18)12-6-8-24(9-7-12)17(26)13-4-2-1-3-5-13/h1-2,11-16H,3-10H2,(H,21,22,23)/t13?,14-,15+/m0/s1. The molecule has 1 N–H and O–H groups in total. The van der Waals surface area contributed by atoms with Crippen LogP contribution in [0.5, 0.6) is 0 Å². The number of amides is 1. The lowest BCUT2D eigenvalue weighted by Crippen LogP contribution is -2.47. The van der Waals surface area contributed by atoms with Gasteiger partial charge in [-0.25, -0.2) is 13.5 Å². The molecule has 1 unspecified atom stereocenters. The molecule has 3 heterocycles. The van der Waals surface area contributed by atoms with Gasteiger partial charge in [0.15, 0.2) is 0 Å². The van der Waals surface area contributed by atoms with E-state index in [-0.39, 0.29) is 23.8 Å². The summed E-state index contributed by atoms with van der Waals surface area (Å²) in [5.74, 6) is 1.08. The first kappa shape index (κ1) is 17.4. The zero-order valence-electron chi connectivity index (χ0n) is 14.7. The minimum atomic E-state index is -2.46. The number of carbonyl (C=O) groups is 1. The van der Waals surface area contributed by atoms with Crippen LogP contribution in [0.3, 0.4) is 0 Å². The fourth-order valence-corrected chi connectivity index (χ4v) is 4.50. The van der Waals surface area contributed by atoms with Crippen molar-refractivity contribution in [3.63, 3.8) is 0 Å². The van der Waals surface area contributed by atoms with Crippen molar-refractivity contribution in [2.45, 2.75) is 57.0 Å². The number of halogens is 2. The van der Waals surface area contributed by atoms with Crippen molar-refractivity contribution in [3.05, 3.63) is 18.5 Å². The summed E-state index contributed by atoms with van der Waals surface area (Å²) in [5.41, 5.74) is 0. The van der Waals surface area contributed by atoms with Gasteiger partial charge in [0.1, 0.15) is 12.4 Å². The Labute approximate surface area is 151 Å². The lowest BCUT2D eigenvalue weighted by atomic mass is 9.84. The number of hydrogen-bond acceptors (Lipinski definition) is 4. The normalized spacial score (nSPS) is 29.5. The Hall–Kier alpha value is -1.99. The molecule has 1 saturated heterocycles. The van der Waals surface area contributed by atoms with Crippen LogP contribution in [0.25, 0.3) is 0 Å². The number of carbonyl (C=O) groups excluding carboxylic acids is 1. The minimum absolute atomic E-state index is 0.0411. The largest absolute Gasteiger partial charge is 0.351 e. The van der Waals surface area contributed by atoms with Crippen LogP contribution in [0.2, 0.25) is 0 Å². The number of aromatic nitrogens is 3. The SMILES string of the molecule is O=C(C1CC=CCC1)N1CCC([C@@H]2C[C@H](C(F)F)n3ncnc3N2)CC1. The molecule has 1 aromatic rings. The molecule has 0 bridgehead atoms. The number of nitrogens with one attached hydrogen (secondary N) is 1. The number of nitrogens with zero attached hydrogens (tertiary/aromatic N) is 4. The van der Waals surface area contributed by atoms with Crippen molar-refractivity contribution in [2.24, 2.45) is 11.8 Å². The highest BCUT2D eigenvalue weighted by Crippen LogP contribution is 2.35. The van der Waals surface area contributed by atoms with Gasteiger partial charge in [0.2, 0.25) is 11.9 Å². The van der Waals surface area contributed by atoms with Crippen molar-refractivity contribution >= 4 is 11.9 Å². The second-order valence-corrected chi connectivity index (χ2v) is 7.56. The molecule has 2 aliphatic heterocycles. The molecule has 3 atom stereocenters. The molecular weight excluding hydrogens is 340 g/mol. The molecule has 1 aromatic heterocycles. The number of likely N-dealkylation sites (tertiary alicyclic amines) is 1. The number of hydrogen-bond donors (Lipinski definition) is 1. The maximum absolute atomic E-state index is 13.4. The number of rotatable bonds is 3. The molecule has 6 nitrogen and oxygen atoms in total. The molecular formula is C18H25F2N5O. The highest BCUT2D eigenvalue weighted by atomic mass is 19.3. The van der Waals surface area contributed by atoms with Crippen LogP contribution in [0, 0.1) is 11.8 Å². The van der Waals surface area contributed by atoms with E-state index < -0.39 is 12.5 Å². The number of alkyl halides is 2. The van der Waals surface area contributed by atoms with Gasteiger partial charge in [-0.1, -0.05) is 12.2 Å². The van der Waals surface area contributed by atoms with E-state index in [0.29, 0.717) is 25.5 Å². The molecule has 0 aromatic carbocycles. The third-order valence-electron chi connectivity index (χ3n) is 6.03. The van der Waals surface area contributed by atoms with Gasteiger partial charge >= 0.3 is 0 Å². The quantitative estimate of drug-likeness (QED) is 0.837. The monoisotopic (exact) mass is 365 g/mol. The smallest absolute Gasteiger partial charge is 0.260 e. The highest BCUT2D eigenvalue weighted by Gasteiger charge is 2.39. The number of fused-ring (bicyclic) bond motifs is 1. The number of piperidine rings is 1. The lowest BCUT2D eigenvalue weighted by molar-refractivity contribution is -0.137. The lowest BCUT2D eigenvalue weighted by Gasteiger charge is -2.40. The second kappa shape index (κ2) is 7.32. The zero-order chi connectivity index (χ0) is 18.1. The molecule has 8 heteroatoms. The predicted octanol–water partition coefficient (Wildman–Crippen LogP) is 2.86. The van der Waals surface area contributed by atoms with Crippen LogP contribution in [-0.2, 0) is 4.79 Å². The van der Waals surface area contributed by atoms with Crippen LogP contribution in [0.4, 0.5) is 14.7 Å². The third kappa shape index (κ3) is 3.33. The summed E-state index contributed by atoms with van der Waals surface area (Å²) in [5, 5.41) is 7.21. The van der Waals surface area contributed by atoms with Crippen LogP contribution in [0.1, 0.15) is 44.6 Å². The summed E-state index contributed by atoms with van der Waals surface area (Å²) < 4.78 is 28.1. The predicted molar refractivity (Wildman–Crippen MR) is 92.9 cm³/mol. The third-order valence-corrected chi connectivity index (χ3v) is 6.03. The molecule has 0 saturated carbocycles. The van der Waals surface area contributed by atoms with Crippen LogP contribution in [-0.4, -0.2) is 51.1 Å². The summed E-state index contributed by atoms with van der Waals surface area (Å²) in [7, 11) is 0. The van der Waals surface area contributed by atoms with Crippen LogP contribution >= 0.6 is 0 Å². The minimum Gasteiger partial charge on any atom is -0.351 e. The molecule has 26 heavy (non-hydrogen) atoms. The fourth-order valence-electron chi connectivity index (χ4n) is 4.50. The summed E-state index contributed by atoms with van der Waals surface area (Å²) in [6.45, 7) is 1.43. The van der Waals surface area contributed by atoms with E-state index in [1.165, 1.54) is 11.0 Å². The van der Waals surface area contributed by atoms with E-state index in [1.807, 2.05) is 4.90 Å². The van der Waals surface area contributed by atoms with Crippen molar-refractivity contribution < 1.29 is 13.6 Å². The Morgan fingerprint density at radius 1 is 1.23 bits per heavy atom. The summed E-state index contributed by atoms with van der Waals surface area (Å²) in [4.78, 5) is 18.7. The van der Waals surface area contributed by atoms with Crippen molar-refractivity contribution in [3.8, 4) is 0 Å². The van der Waals surface area contributed by atoms with Crippen molar-refractivity contribution in [2.75, 3.05) is 18.4 Å². The average molecular weight is 365 g/mol. The Balaban J connectivity index is 1.36. The maximum Gasteiger partial charge on any atom is 0.260 e. The van der Waals surface area contributed by atoms with Crippen molar-refractivity contribution in [1.29, 1.82) is 0 Å². The first-order chi connectivity index (χ1) is 12.6. The Kier molecular flexibility index (Phi) is 4.91. The van der Waals surface area contributed by atoms with E-state index in [9.17, 15) is 13.6 Å². The fraction of sp³-hybridized carbons (Fsp3) is 0.722. The molecule has 1 aliphatic carbocycles. The van der Waals surface area contributed by atoms with E-state index in [2.05, 4.69) is 27.6 Å². The molecule has 142 valence electrons. The van der Waals surface area contributed by atoms with E-state index in [1.54, 1.807) is 0 Å². The Morgan fingerprint density at radius 2 is 2.04 bits per heavy atom. The first-order valence-corrected chi connectivity index (χ1v) is 9.51. The Bertz CT molecular complexity index is 668. The van der Waals surface area contributed by atoms with Gasteiger partial charge in [0, 0.05) is 25.0 Å². The average Bonchev–Trinajstić information content (AvgIpc) is 3.16. The van der Waals surface area contributed by atoms with E-state index >= 15 is 0 Å². The van der Waals surface area contributed by atoms with Gasteiger partial charge in [0.25, 0.3) is 6.43 Å². The summed E-state index contributed by atoms with van der Waals surface area (Å²) >= 11 is 0. The van der Waals surface area contributed by atoms with Crippen molar-refractivity contribution in [1.82, 2.24) is 19.7 Å². The number of anilines is 1. The summed E-state index contributed by atoms with van der Waals surface area (Å²) in [6, 6.07) is -0.965. The topological polar surface area (TPSA) is 63.1 Å². The van der Waals surface area contributed by atoms with E-state index in [0.717, 1.165) is 32.1 Å². The second-order valence-electron chi connectivity index (χ2n) is 7.56. The van der Waals surface area contributed by atoms with Crippen LogP contribution < -0.4 is 5.32 Å². The van der Waals surface area contributed by atoms with Gasteiger partial charge < -0.3 is 10.2 Å². The highest BCUT2D eigenvalue weighted by molar-refractivity contribution is 5.79. The molecule has 0 radical (unpaired) electrons. The molecule has 3 aliphatic rings.